The van der Waals surface area contributed by atoms with Gasteiger partial charge < -0.3 is 5.11 Å². The fourth-order valence-corrected chi connectivity index (χ4v) is 1.56. The third-order valence-electron chi connectivity index (χ3n) is 2.58. The van der Waals surface area contributed by atoms with E-state index in [4.69, 9.17) is 0 Å². The fourth-order valence-electron chi connectivity index (χ4n) is 1.56. The van der Waals surface area contributed by atoms with Crippen LogP contribution in [0.15, 0.2) is 18.2 Å². The van der Waals surface area contributed by atoms with E-state index in [0.717, 1.165) is 17.9 Å². The van der Waals surface area contributed by atoms with Crippen molar-refractivity contribution in [2.45, 2.75) is 26.2 Å². The fraction of sp³-hybridized carbons (Fsp3) is 0.455. The van der Waals surface area contributed by atoms with E-state index >= 15 is 0 Å². The number of phenolic OH excluding ortho intramolecular Hbond substituents is 1. The lowest BCUT2D eigenvalue weighted by atomic mass is 10.0. The van der Waals surface area contributed by atoms with Gasteiger partial charge in [0.05, 0.1) is 0 Å². The van der Waals surface area contributed by atoms with Crippen LogP contribution in [-0.2, 0) is 6.42 Å². The van der Waals surface area contributed by atoms with Crippen molar-refractivity contribution in [3.05, 3.63) is 29.3 Å². The molecule has 1 aromatic carbocycles. The summed E-state index contributed by atoms with van der Waals surface area (Å²) in [6.45, 7) is 2.07. The molecule has 0 bridgehead atoms. The molecule has 12 heavy (non-hydrogen) atoms. The first-order valence-corrected chi connectivity index (χ1v) is 4.55. The van der Waals surface area contributed by atoms with Gasteiger partial charge in [-0.15, -0.1) is 0 Å². The smallest absolute Gasteiger partial charge is 0.119 e. The van der Waals surface area contributed by atoms with Crippen LogP contribution in [0.4, 0.5) is 0 Å². The summed E-state index contributed by atoms with van der Waals surface area (Å²) in [5.41, 5.74) is 2.38. The van der Waals surface area contributed by atoms with Gasteiger partial charge in [-0.05, 0) is 49.3 Å². The Morgan fingerprint density at radius 3 is 2.75 bits per heavy atom. The molecule has 0 radical (unpaired) electrons. The van der Waals surface area contributed by atoms with Crippen LogP contribution in [0.5, 0.6) is 5.75 Å². The van der Waals surface area contributed by atoms with Crippen LogP contribution in [-0.4, -0.2) is 5.11 Å². The monoisotopic (exact) mass is 162 g/mol. The summed E-state index contributed by atoms with van der Waals surface area (Å²) in [6, 6.07) is 5.75. The lowest BCUT2D eigenvalue weighted by Crippen LogP contribution is -1.91. The van der Waals surface area contributed by atoms with E-state index in [2.05, 4.69) is 13.0 Å². The van der Waals surface area contributed by atoms with Crippen LogP contribution in [0.3, 0.4) is 0 Å². The predicted molar refractivity (Wildman–Crippen MR) is 49.3 cm³/mol. The highest BCUT2D eigenvalue weighted by Crippen LogP contribution is 2.35. The van der Waals surface area contributed by atoms with Gasteiger partial charge >= 0.3 is 0 Å². The second-order valence-corrected chi connectivity index (χ2v) is 3.72. The Morgan fingerprint density at radius 1 is 1.42 bits per heavy atom. The van der Waals surface area contributed by atoms with Crippen LogP contribution in [0.25, 0.3) is 0 Å². The summed E-state index contributed by atoms with van der Waals surface area (Å²) in [5, 5.41) is 9.57. The van der Waals surface area contributed by atoms with Crippen molar-refractivity contribution in [2.75, 3.05) is 0 Å². The first-order chi connectivity index (χ1) is 5.77. The van der Waals surface area contributed by atoms with Crippen LogP contribution in [0, 0.1) is 12.8 Å². The SMILES string of the molecule is Cc1cccc(O)c1CC1CC1. The molecule has 0 heterocycles. The predicted octanol–water partition coefficient (Wildman–Crippen LogP) is 2.65. The molecule has 1 aliphatic rings. The summed E-state index contributed by atoms with van der Waals surface area (Å²) in [4.78, 5) is 0. The highest BCUT2D eigenvalue weighted by atomic mass is 16.3. The van der Waals surface area contributed by atoms with E-state index in [-0.39, 0.29) is 0 Å². The second kappa shape index (κ2) is 2.81. The van der Waals surface area contributed by atoms with E-state index in [9.17, 15) is 5.11 Å². The molecule has 1 saturated carbocycles. The first kappa shape index (κ1) is 7.66. The molecule has 1 aromatic rings. The minimum Gasteiger partial charge on any atom is -0.508 e. The quantitative estimate of drug-likeness (QED) is 0.708. The summed E-state index contributed by atoms with van der Waals surface area (Å²) < 4.78 is 0. The highest BCUT2D eigenvalue weighted by Gasteiger charge is 2.23. The molecule has 1 heteroatoms. The number of rotatable bonds is 2. The van der Waals surface area contributed by atoms with Crippen molar-refractivity contribution < 1.29 is 5.11 Å². The summed E-state index contributed by atoms with van der Waals surface area (Å²) in [7, 11) is 0. The van der Waals surface area contributed by atoms with Gasteiger partial charge in [0.1, 0.15) is 5.75 Å². The molecular weight excluding hydrogens is 148 g/mol. The zero-order valence-corrected chi connectivity index (χ0v) is 7.38. The number of aryl methyl sites for hydroxylation is 1. The van der Waals surface area contributed by atoms with Crippen molar-refractivity contribution >= 4 is 0 Å². The lowest BCUT2D eigenvalue weighted by molar-refractivity contribution is 0.465. The highest BCUT2D eigenvalue weighted by molar-refractivity contribution is 5.39. The Kier molecular flexibility index (Phi) is 1.80. The largest absolute Gasteiger partial charge is 0.508 e. The average molecular weight is 162 g/mol. The molecule has 0 amide bonds. The van der Waals surface area contributed by atoms with Crippen molar-refractivity contribution in [2.24, 2.45) is 5.92 Å². The Hall–Kier alpha value is -0.980. The molecule has 1 N–H and O–H groups in total. The number of aromatic hydroxyl groups is 1. The zero-order valence-electron chi connectivity index (χ0n) is 7.38. The van der Waals surface area contributed by atoms with Gasteiger partial charge in [0.2, 0.25) is 0 Å². The van der Waals surface area contributed by atoms with Gasteiger partial charge in [0.15, 0.2) is 0 Å². The van der Waals surface area contributed by atoms with Crippen LogP contribution in [0.1, 0.15) is 24.0 Å². The average Bonchev–Trinajstić information content (AvgIpc) is 2.80. The van der Waals surface area contributed by atoms with E-state index in [0.29, 0.717) is 5.75 Å². The third kappa shape index (κ3) is 1.45. The molecule has 1 aliphatic carbocycles. The number of phenols is 1. The van der Waals surface area contributed by atoms with Crippen LogP contribution < -0.4 is 0 Å². The van der Waals surface area contributed by atoms with E-state index < -0.39 is 0 Å². The maximum Gasteiger partial charge on any atom is 0.119 e. The number of benzene rings is 1. The normalized spacial score (nSPS) is 16.4. The molecule has 0 saturated heterocycles. The molecule has 64 valence electrons. The van der Waals surface area contributed by atoms with Crippen LogP contribution >= 0.6 is 0 Å². The van der Waals surface area contributed by atoms with Gasteiger partial charge in [0, 0.05) is 0 Å². The van der Waals surface area contributed by atoms with Gasteiger partial charge in [0.25, 0.3) is 0 Å². The summed E-state index contributed by atoms with van der Waals surface area (Å²) >= 11 is 0. The molecule has 1 fully saturated rings. The molecular formula is C11H14O. The maximum atomic E-state index is 9.57. The Labute approximate surface area is 73.0 Å². The second-order valence-electron chi connectivity index (χ2n) is 3.72. The molecule has 0 aromatic heterocycles. The Morgan fingerprint density at radius 2 is 2.17 bits per heavy atom. The topological polar surface area (TPSA) is 20.2 Å². The minimum absolute atomic E-state index is 0.474. The maximum absolute atomic E-state index is 9.57. The number of hydrogen-bond acceptors (Lipinski definition) is 1. The Balaban J connectivity index is 2.26. The van der Waals surface area contributed by atoms with Crippen molar-refractivity contribution in [1.82, 2.24) is 0 Å². The first-order valence-electron chi connectivity index (χ1n) is 4.55. The third-order valence-corrected chi connectivity index (χ3v) is 2.58. The van der Waals surface area contributed by atoms with Crippen molar-refractivity contribution in [1.29, 1.82) is 0 Å². The van der Waals surface area contributed by atoms with Crippen molar-refractivity contribution in [3.63, 3.8) is 0 Å². The molecule has 0 spiro atoms. The summed E-state index contributed by atoms with van der Waals surface area (Å²) in [6.07, 6.45) is 3.75. The molecule has 0 unspecified atom stereocenters. The van der Waals surface area contributed by atoms with E-state index in [1.54, 1.807) is 6.07 Å². The van der Waals surface area contributed by atoms with Gasteiger partial charge in [-0.1, -0.05) is 12.1 Å². The van der Waals surface area contributed by atoms with Gasteiger partial charge in [-0.2, -0.15) is 0 Å². The van der Waals surface area contributed by atoms with Crippen molar-refractivity contribution in [3.8, 4) is 5.75 Å². The molecule has 2 rings (SSSR count). The van der Waals surface area contributed by atoms with Gasteiger partial charge in [-0.25, -0.2) is 0 Å². The molecule has 0 aliphatic heterocycles. The lowest BCUT2D eigenvalue weighted by Gasteiger charge is -2.06. The Bertz CT molecular complexity index is 267. The van der Waals surface area contributed by atoms with E-state index in [1.807, 2.05) is 6.07 Å². The summed E-state index contributed by atoms with van der Waals surface area (Å²) in [5.74, 6) is 1.32. The van der Waals surface area contributed by atoms with Crippen LogP contribution in [0.2, 0.25) is 0 Å². The van der Waals surface area contributed by atoms with E-state index in [1.165, 1.54) is 18.4 Å². The number of hydrogen-bond donors (Lipinski definition) is 1. The standard InChI is InChI=1S/C11H14O/c1-8-3-2-4-11(12)10(8)7-9-5-6-9/h2-4,9,12H,5-7H2,1H3. The zero-order chi connectivity index (χ0) is 8.55. The molecule has 1 nitrogen and oxygen atoms in total. The van der Waals surface area contributed by atoms with Gasteiger partial charge in [-0.3, -0.25) is 0 Å². The minimum atomic E-state index is 0.474. The molecule has 0 atom stereocenters.